The first kappa shape index (κ1) is 25.2. The van der Waals surface area contributed by atoms with Crippen molar-refractivity contribution in [1.82, 2.24) is 5.43 Å². The van der Waals surface area contributed by atoms with Crippen molar-refractivity contribution in [2.45, 2.75) is 19.8 Å². The number of esters is 1. The van der Waals surface area contributed by atoms with Crippen LogP contribution in [0, 0.1) is 0 Å². The van der Waals surface area contributed by atoms with Crippen molar-refractivity contribution in [3.05, 3.63) is 96.1 Å². The average Bonchev–Trinajstić information content (AvgIpc) is 2.89. The lowest BCUT2D eigenvalue weighted by molar-refractivity contribution is -0.129. The number of amides is 1. The van der Waals surface area contributed by atoms with Gasteiger partial charge in [-0.1, -0.05) is 43.7 Å². The molecular formula is C28H28N2O5. The molecule has 0 fully saturated rings. The zero-order chi connectivity index (χ0) is 24.7. The van der Waals surface area contributed by atoms with Gasteiger partial charge >= 0.3 is 5.97 Å². The Morgan fingerprint density at radius 3 is 2.17 bits per heavy atom. The van der Waals surface area contributed by atoms with Gasteiger partial charge in [0.05, 0.1) is 12.8 Å². The Morgan fingerprint density at radius 1 is 0.829 bits per heavy atom. The number of ether oxygens (including phenoxy) is 3. The first-order chi connectivity index (χ1) is 17.1. The molecule has 0 heterocycles. The summed E-state index contributed by atoms with van der Waals surface area (Å²) < 4.78 is 16.3. The van der Waals surface area contributed by atoms with Gasteiger partial charge in [0.25, 0.3) is 5.91 Å². The molecule has 7 nitrogen and oxygen atoms in total. The molecule has 0 aromatic heterocycles. The van der Waals surface area contributed by atoms with Crippen molar-refractivity contribution in [2.24, 2.45) is 5.10 Å². The Kier molecular flexibility index (Phi) is 10.1. The van der Waals surface area contributed by atoms with Crippen molar-refractivity contribution in [2.75, 3.05) is 13.2 Å². The summed E-state index contributed by atoms with van der Waals surface area (Å²) in [6, 6.07) is 23.3. The third-order valence-corrected chi connectivity index (χ3v) is 4.67. The maximum absolute atomic E-state index is 12.0. The van der Waals surface area contributed by atoms with Crippen molar-refractivity contribution in [1.29, 1.82) is 0 Å². The van der Waals surface area contributed by atoms with Gasteiger partial charge in [-0.15, -0.1) is 0 Å². The summed E-state index contributed by atoms with van der Waals surface area (Å²) in [4.78, 5) is 23.9. The third-order valence-electron chi connectivity index (χ3n) is 4.67. The lowest BCUT2D eigenvalue weighted by Crippen LogP contribution is -2.24. The first-order valence-electron chi connectivity index (χ1n) is 11.3. The minimum Gasteiger partial charge on any atom is -0.494 e. The standard InChI is InChI=1S/C28H28N2O5/c1-2-3-19-33-24-14-16-25(17-15-24)34-21-27(31)30-29-20-23-9-12-26(13-10-23)35-28(32)18-11-22-7-5-4-6-8-22/h4-18,20H,2-3,19,21H2,1H3,(H,30,31)/b18-11+,29-20-. The van der Waals surface area contributed by atoms with E-state index >= 15 is 0 Å². The number of nitrogens with one attached hydrogen (secondary N) is 1. The number of rotatable bonds is 12. The molecule has 0 atom stereocenters. The van der Waals surface area contributed by atoms with Gasteiger partial charge in [-0.05, 0) is 72.2 Å². The van der Waals surface area contributed by atoms with Crippen LogP contribution in [0.15, 0.2) is 90.0 Å². The number of hydrogen-bond donors (Lipinski definition) is 1. The van der Waals surface area contributed by atoms with Crippen LogP contribution in [0.5, 0.6) is 17.2 Å². The average molecular weight is 473 g/mol. The minimum atomic E-state index is -0.471. The summed E-state index contributed by atoms with van der Waals surface area (Å²) >= 11 is 0. The van der Waals surface area contributed by atoms with Crippen LogP contribution in [0.25, 0.3) is 6.08 Å². The Balaban J connectivity index is 1.38. The number of carbonyl (C=O) groups is 2. The second-order valence-corrected chi connectivity index (χ2v) is 7.49. The fourth-order valence-electron chi connectivity index (χ4n) is 2.83. The minimum absolute atomic E-state index is 0.168. The molecule has 0 bridgehead atoms. The van der Waals surface area contributed by atoms with Gasteiger partial charge in [-0.2, -0.15) is 5.10 Å². The van der Waals surface area contributed by atoms with Crippen LogP contribution in [0.4, 0.5) is 0 Å². The van der Waals surface area contributed by atoms with E-state index in [4.69, 9.17) is 14.2 Å². The molecule has 0 unspecified atom stereocenters. The van der Waals surface area contributed by atoms with E-state index < -0.39 is 5.97 Å². The molecule has 0 radical (unpaired) electrons. The van der Waals surface area contributed by atoms with Gasteiger partial charge in [0.1, 0.15) is 17.2 Å². The van der Waals surface area contributed by atoms with Crippen molar-refractivity contribution >= 4 is 24.2 Å². The van der Waals surface area contributed by atoms with Crippen LogP contribution in [-0.2, 0) is 9.59 Å². The van der Waals surface area contributed by atoms with E-state index in [-0.39, 0.29) is 12.5 Å². The number of benzene rings is 3. The van der Waals surface area contributed by atoms with E-state index in [0.717, 1.165) is 29.7 Å². The molecule has 1 amide bonds. The summed E-state index contributed by atoms with van der Waals surface area (Å²) in [7, 11) is 0. The summed E-state index contributed by atoms with van der Waals surface area (Å²) in [6.07, 6.45) is 6.63. The van der Waals surface area contributed by atoms with Crippen molar-refractivity contribution < 1.29 is 23.8 Å². The molecule has 3 aromatic carbocycles. The maximum Gasteiger partial charge on any atom is 0.336 e. The van der Waals surface area contributed by atoms with Gasteiger partial charge in [0, 0.05) is 6.08 Å². The fourth-order valence-corrected chi connectivity index (χ4v) is 2.83. The van der Waals surface area contributed by atoms with Crippen LogP contribution in [-0.4, -0.2) is 31.3 Å². The van der Waals surface area contributed by atoms with Crippen LogP contribution < -0.4 is 19.6 Å². The van der Waals surface area contributed by atoms with E-state index in [1.807, 2.05) is 42.5 Å². The summed E-state index contributed by atoms with van der Waals surface area (Å²) in [5.41, 5.74) is 4.05. The highest BCUT2D eigenvalue weighted by atomic mass is 16.5. The lowest BCUT2D eigenvalue weighted by Gasteiger charge is -2.07. The molecule has 3 rings (SSSR count). The Morgan fingerprint density at radius 2 is 1.49 bits per heavy atom. The normalized spacial score (nSPS) is 10.9. The molecule has 0 saturated carbocycles. The van der Waals surface area contributed by atoms with Gasteiger partial charge < -0.3 is 14.2 Å². The molecule has 0 spiro atoms. The molecule has 3 aromatic rings. The highest BCUT2D eigenvalue weighted by Crippen LogP contribution is 2.18. The molecule has 35 heavy (non-hydrogen) atoms. The van der Waals surface area contributed by atoms with Gasteiger partial charge in [0.2, 0.25) is 0 Å². The summed E-state index contributed by atoms with van der Waals surface area (Å²) in [5.74, 6) is 0.880. The van der Waals surface area contributed by atoms with Gasteiger partial charge in [-0.3, -0.25) is 4.79 Å². The number of carbonyl (C=O) groups excluding carboxylic acids is 2. The smallest absolute Gasteiger partial charge is 0.336 e. The van der Waals surface area contributed by atoms with Crippen LogP contribution in [0.3, 0.4) is 0 Å². The van der Waals surface area contributed by atoms with Crippen molar-refractivity contribution in [3.63, 3.8) is 0 Å². The van der Waals surface area contributed by atoms with Gasteiger partial charge in [-0.25, -0.2) is 10.2 Å². The number of nitrogens with zero attached hydrogens (tertiary/aromatic N) is 1. The summed E-state index contributed by atoms with van der Waals surface area (Å²) in [6.45, 7) is 2.62. The molecule has 0 aliphatic carbocycles. The fraction of sp³-hybridized carbons (Fsp3) is 0.179. The highest BCUT2D eigenvalue weighted by molar-refractivity contribution is 5.89. The lowest BCUT2D eigenvalue weighted by atomic mass is 10.2. The molecule has 7 heteroatoms. The Hall–Kier alpha value is -4.39. The van der Waals surface area contributed by atoms with Crippen LogP contribution in [0.1, 0.15) is 30.9 Å². The van der Waals surface area contributed by atoms with E-state index in [1.165, 1.54) is 12.3 Å². The molecule has 1 N–H and O–H groups in total. The maximum atomic E-state index is 12.0. The molecular weight excluding hydrogens is 444 g/mol. The molecule has 0 aliphatic heterocycles. The Bertz CT molecular complexity index is 1120. The van der Waals surface area contributed by atoms with E-state index in [1.54, 1.807) is 42.5 Å². The zero-order valence-electron chi connectivity index (χ0n) is 19.6. The van der Waals surface area contributed by atoms with E-state index in [9.17, 15) is 9.59 Å². The molecule has 0 saturated heterocycles. The van der Waals surface area contributed by atoms with E-state index in [0.29, 0.717) is 18.1 Å². The Labute approximate surface area is 205 Å². The molecule has 180 valence electrons. The SMILES string of the molecule is CCCCOc1ccc(OCC(=O)N/N=C\c2ccc(OC(=O)/C=C/c3ccccc3)cc2)cc1. The van der Waals surface area contributed by atoms with Crippen LogP contribution >= 0.6 is 0 Å². The predicted octanol–water partition coefficient (Wildman–Crippen LogP) is 5.01. The number of hydrogen-bond acceptors (Lipinski definition) is 6. The first-order valence-corrected chi connectivity index (χ1v) is 11.3. The number of hydrazone groups is 1. The third kappa shape index (κ3) is 9.55. The van der Waals surface area contributed by atoms with Crippen molar-refractivity contribution in [3.8, 4) is 17.2 Å². The van der Waals surface area contributed by atoms with Gasteiger partial charge in [0.15, 0.2) is 6.61 Å². The second kappa shape index (κ2) is 14.0. The van der Waals surface area contributed by atoms with E-state index in [2.05, 4.69) is 17.5 Å². The number of unbranched alkanes of at least 4 members (excludes halogenated alkanes) is 1. The zero-order valence-corrected chi connectivity index (χ0v) is 19.6. The largest absolute Gasteiger partial charge is 0.494 e. The topological polar surface area (TPSA) is 86.2 Å². The summed E-state index contributed by atoms with van der Waals surface area (Å²) in [5, 5.41) is 3.92. The molecule has 0 aliphatic rings. The van der Waals surface area contributed by atoms with Crippen LogP contribution in [0.2, 0.25) is 0 Å². The monoisotopic (exact) mass is 472 g/mol. The second-order valence-electron chi connectivity index (χ2n) is 7.49. The highest BCUT2D eigenvalue weighted by Gasteiger charge is 2.03. The predicted molar refractivity (Wildman–Crippen MR) is 136 cm³/mol. The quantitative estimate of drug-likeness (QED) is 0.1000.